The van der Waals surface area contributed by atoms with Gasteiger partial charge in [-0.05, 0) is 24.3 Å². The number of nitrogens with zero attached hydrogens (tertiary/aromatic N) is 5. The summed E-state index contributed by atoms with van der Waals surface area (Å²) in [5.41, 5.74) is 6.05. The number of rotatable bonds is 2. The van der Waals surface area contributed by atoms with Crippen molar-refractivity contribution in [2.24, 2.45) is 0 Å². The van der Waals surface area contributed by atoms with Crippen molar-refractivity contribution in [3.63, 3.8) is 0 Å². The fourth-order valence-electron chi connectivity index (χ4n) is 2.78. The molecule has 0 bridgehead atoms. The molecule has 0 aliphatic heterocycles. The van der Waals surface area contributed by atoms with Gasteiger partial charge in [-0.25, -0.2) is 15.0 Å². The molecule has 0 fully saturated rings. The number of aromatic amines is 2. The van der Waals surface area contributed by atoms with Crippen molar-refractivity contribution in [1.82, 2.24) is 35.1 Å². The minimum Gasteiger partial charge on any atom is -0.353 e. The number of hydrogen-bond donors (Lipinski definition) is 2. The Labute approximate surface area is 135 Å². The molecule has 24 heavy (non-hydrogen) atoms. The molecule has 114 valence electrons. The van der Waals surface area contributed by atoms with E-state index < -0.39 is 0 Å². The van der Waals surface area contributed by atoms with Crippen LogP contribution in [0.5, 0.6) is 0 Å². The van der Waals surface area contributed by atoms with E-state index >= 15 is 0 Å². The second-order valence-corrected chi connectivity index (χ2v) is 5.44. The maximum Gasteiger partial charge on any atom is 0.135 e. The zero-order chi connectivity index (χ0) is 15.9. The van der Waals surface area contributed by atoms with Crippen molar-refractivity contribution in [1.29, 1.82) is 0 Å². The van der Waals surface area contributed by atoms with Crippen LogP contribution in [0.2, 0.25) is 0 Å². The largest absolute Gasteiger partial charge is 0.353 e. The van der Waals surface area contributed by atoms with Gasteiger partial charge in [-0.2, -0.15) is 5.10 Å². The van der Waals surface area contributed by atoms with E-state index in [1.807, 2.05) is 30.5 Å². The minimum atomic E-state index is 0.778. The lowest BCUT2D eigenvalue weighted by atomic mass is 10.2. The first-order chi connectivity index (χ1) is 11.9. The van der Waals surface area contributed by atoms with Gasteiger partial charge in [0.2, 0.25) is 0 Å². The number of nitrogens with one attached hydrogen (secondary N) is 2. The lowest BCUT2D eigenvalue weighted by Crippen LogP contribution is -1.87. The van der Waals surface area contributed by atoms with Crippen LogP contribution < -0.4 is 0 Å². The summed E-state index contributed by atoms with van der Waals surface area (Å²) < 4.78 is 0. The van der Waals surface area contributed by atoms with Gasteiger partial charge in [0.1, 0.15) is 17.5 Å². The zero-order valence-corrected chi connectivity index (χ0v) is 12.4. The molecule has 0 unspecified atom stereocenters. The van der Waals surface area contributed by atoms with Crippen LogP contribution in [0, 0.1) is 0 Å². The smallest absolute Gasteiger partial charge is 0.135 e. The molecule has 0 amide bonds. The van der Waals surface area contributed by atoms with E-state index in [1.165, 1.54) is 6.33 Å². The van der Waals surface area contributed by atoms with E-state index in [2.05, 4.69) is 30.1 Å². The van der Waals surface area contributed by atoms with E-state index in [-0.39, 0.29) is 0 Å². The minimum absolute atomic E-state index is 0.778. The Hall–Kier alpha value is -3.61. The van der Waals surface area contributed by atoms with Gasteiger partial charge in [0, 0.05) is 41.3 Å². The molecule has 5 heterocycles. The molecule has 0 radical (unpaired) electrons. The molecule has 5 rings (SSSR count). The predicted octanol–water partition coefficient (Wildman–Crippen LogP) is 2.96. The highest BCUT2D eigenvalue weighted by atomic mass is 15.1. The summed E-state index contributed by atoms with van der Waals surface area (Å²) in [6.45, 7) is 0. The Morgan fingerprint density at radius 1 is 0.875 bits per heavy atom. The Bertz CT molecular complexity index is 1120. The van der Waals surface area contributed by atoms with Gasteiger partial charge in [-0.3, -0.25) is 10.1 Å². The first-order valence-electron chi connectivity index (χ1n) is 7.42. The van der Waals surface area contributed by atoms with E-state index in [0.717, 1.165) is 44.6 Å². The molecular formula is C17H11N7. The van der Waals surface area contributed by atoms with Crippen LogP contribution in [-0.2, 0) is 0 Å². The van der Waals surface area contributed by atoms with Gasteiger partial charge in [0.05, 0.1) is 16.9 Å². The Morgan fingerprint density at radius 3 is 2.67 bits per heavy atom. The third-order valence-electron chi connectivity index (χ3n) is 3.94. The van der Waals surface area contributed by atoms with Gasteiger partial charge < -0.3 is 4.98 Å². The van der Waals surface area contributed by atoms with E-state index in [1.54, 1.807) is 18.6 Å². The molecule has 0 aliphatic carbocycles. The SMILES string of the molecule is c1cc2[nH]c(-c3n[nH]c4ccc(-c5cncnc5)nc34)cc2cn1. The van der Waals surface area contributed by atoms with Crippen LogP contribution in [0.1, 0.15) is 0 Å². The van der Waals surface area contributed by atoms with Crippen molar-refractivity contribution in [2.75, 3.05) is 0 Å². The highest BCUT2D eigenvalue weighted by Gasteiger charge is 2.13. The predicted molar refractivity (Wildman–Crippen MR) is 90.0 cm³/mol. The maximum absolute atomic E-state index is 4.74. The number of fused-ring (bicyclic) bond motifs is 2. The average Bonchev–Trinajstić information content (AvgIpc) is 3.25. The summed E-state index contributed by atoms with van der Waals surface area (Å²) in [4.78, 5) is 20.4. The monoisotopic (exact) mass is 313 g/mol. The number of hydrogen-bond acceptors (Lipinski definition) is 5. The van der Waals surface area contributed by atoms with E-state index in [4.69, 9.17) is 4.98 Å². The van der Waals surface area contributed by atoms with Crippen LogP contribution in [0.3, 0.4) is 0 Å². The van der Waals surface area contributed by atoms with Gasteiger partial charge >= 0.3 is 0 Å². The third-order valence-corrected chi connectivity index (χ3v) is 3.94. The summed E-state index contributed by atoms with van der Waals surface area (Å²) in [5, 5.41) is 8.49. The van der Waals surface area contributed by atoms with E-state index in [9.17, 15) is 0 Å². The fourth-order valence-corrected chi connectivity index (χ4v) is 2.78. The molecule has 2 N–H and O–H groups in total. The van der Waals surface area contributed by atoms with Crippen LogP contribution >= 0.6 is 0 Å². The van der Waals surface area contributed by atoms with Crippen molar-refractivity contribution in [2.45, 2.75) is 0 Å². The van der Waals surface area contributed by atoms with Crippen LogP contribution in [0.25, 0.3) is 44.6 Å². The Morgan fingerprint density at radius 2 is 1.79 bits per heavy atom. The quantitative estimate of drug-likeness (QED) is 0.522. The van der Waals surface area contributed by atoms with Crippen LogP contribution in [-0.4, -0.2) is 35.1 Å². The molecule has 5 aromatic rings. The number of H-pyrrole nitrogens is 2. The molecule has 0 aliphatic rings. The first-order valence-corrected chi connectivity index (χ1v) is 7.42. The standard InChI is InChI=1S/C17H11N7/c1-2-14-16(22-12(1)11-7-19-9-20-8-11)17(24-23-14)15-5-10-6-18-4-3-13(10)21-15/h1-9,21H,(H,23,24). The summed E-state index contributed by atoms with van der Waals surface area (Å²) in [6.07, 6.45) is 8.58. The van der Waals surface area contributed by atoms with Crippen molar-refractivity contribution < 1.29 is 0 Å². The molecular weight excluding hydrogens is 302 g/mol. The van der Waals surface area contributed by atoms with Crippen LogP contribution in [0.15, 0.2) is 55.4 Å². The summed E-state index contributed by atoms with van der Waals surface area (Å²) in [5.74, 6) is 0. The average molecular weight is 313 g/mol. The summed E-state index contributed by atoms with van der Waals surface area (Å²) in [7, 11) is 0. The van der Waals surface area contributed by atoms with Crippen molar-refractivity contribution in [3.8, 4) is 22.6 Å². The molecule has 5 aromatic heterocycles. The molecule has 0 atom stereocenters. The topological polar surface area (TPSA) is 96.0 Å². The fraction of sp³-hybridized carbons (Fsp3) is 0. The molecule has 0 saturated carbocycles. The highest BCUT2D eigenvalue weighted by Crippen LogP contribution is 2.28. The zero-order valence-electron chi connectivity index (χ0n) is 12.4. The Kier molecular flexibility index (Phi) is 2.66. The molecule has 7 heteroatoms. The lowest BCUT2D eigenvalue weighted by Gasteiger charge is -2.00. The molecule has 0 saturated heterocycles. The van der Waals surface area contributed by atoms with Gasteiger partial charge in [-0.15, -0.1) is 0 Å². The number of aromatic nitrogens is 7. The van der Waals surface area contributed by atoms with Crippen molar-refractivity contribution in [3.05, 3.63) is 55.4 Å². The Balaban J connectivity index is 1.71. The van der Waals surface area contributed by atoms with Gasteiger partial charge in [0.15, 0.2) is 0 Å². The summed E-state index contributed by atoms with van der Waals surface area (Å²) >= 11 is 0. The highest BCUT2D eigenvalue weighted by molar-refractivity contribution is 5.94. The molecule has 0 aromatic carbocycles. The molecule has 7 nitrogen and oxygen atoms in total. The van der Waals surface area contributed by atoms with Gasteiger partial charge in [0.25, 0.3) is 0 Å². The summed E-state index contributed by atoms with van der Waals surface area (Å²) in [6, 6.07) is 7.86. The second kappa shape index (κ2) is 4.95. The third kappa shape index (κ3) is 1.95. The normalized spacial score (nSPS) is 11.3. The van der Waals surface area contributed by atoms with Crippen molar-refractivity contribution >= 4 is 21.9 Å². The van der Waals surface area contributed by atoms with E-state index in [0.29, 0.717) is 0 Å². The number of pyridine rings is 2. The maximum atomic E-state index is 4.74. The lowest BCUT2D eigenvalue weighted by molar-refractivity contribution is 1.12. The van der Waals surface area contributed by atoms with Crippen LogP contribution in [0.4, 0.5) is 0 Å². The van der Waals surface area contributed by atoms with Gasteiger partial charge in [-0.1, -0.05) is 0 Å². The first kappa shape index (κ1) is 12.9. The molecule has 0 spiro atoms. The second-order valence-electron chi connectivity index (χ2n) is 5.44.